The SMILES string of the molecule is CNCC1CCCN1S(=O)(=O)c1cccc(SC)c1.Cl. The fourth-order valence-corrected chi connectivity index (χ4v) is 4.74. The predicted octanol–water partition coefficient (Wildman–Crippen LogP) is 2.20. The number of hydrogen-bond donors (Lipinski definition) is 1. The fourth-order valence-electron chi connectivity index (χ4n) is 2.46. The topological polar surface area (TPSA) is 49.4 Å². The Morgan fingerprint density at radius 1 is 1.45 bits per heavy atom. The van der Waals surface area contributed by atoms with Gasteiger partial charge in [0.25, 0.3) is 0 Å². The molecule has 4 nitrogen and oxygen atoms in total. The van der Waals surface area contributed by atoms with E-state index in [-0.39, 0.29) is 18.4 Å². The van der Waals surface area contributed by atoms with E-state index in [9.17, 15) is 8.42 Å². The molecule has 1 unspecified atom stereocenters. The number of sulfonamides is 1. The molecule has 0 aliphatic carbocycles. The Labute approximate surface area is 131 Å². The Bertz CT molecular complexity index is 537. The molecule has 20 heavy (non-hydrogen) atoms. The van der Waals surface area contributed by atoms with Crippen LogP contribution in [-0.4, -0.2) is 45.2 Å². The average Bonchev–Trinajstić information content (AvgIpc) is 2.88. The van der Waals surface area contributed by atoms with Crippen molar-refractivity contribution in [2.24, 2.45) is 0 Å². The standard InChI is InChI=1S/C13H20N2O2S2.ClH/c1-14-10-11-5-4-8-15(11)19(16,17)13-7-3-6-12(9-13)18-2;/h3,6-7,9,11,14H,4-5,8,10H2,1-2H3;1H. The van der Waals surface area contributed by atoms with Gasteiger partial charge in [0.2, 0.25) is 10.0 Å². The van der Waals surface area contributed by atoms with Gasteiger partial charge < -0.3 is 5.32 Å². The fraction of sp³-hybridized carbons (Fsp3) is 0.538. The van der Waals surface area contributed by atoms with Crippen molar-refractivity contribution in [3.8, 4) is 0 Å². The minimum atomic E-state index is -3.36. The van der Waals surface area contributed by atoms with E-state index < -0.39 is 10.0 Å². The lowest BCUT2D eigenvalue weighted by atomic mass is 10.2. The molecule has 1 saturated heterocycles. The van der Waals surface area contributed by atoms with Crippen molar-refractivity contribution in [2.45, 2.75) is 28.7 Å². The lowest BCUT2D eigenvalue weighted by Gasteiger charge is -2.24. The lowest BCUT2D eigenvalue weighted by molar-refractivity contribution is 0.379. The smallest absolute Gasteiger partial charge is 0.243 e. The summed E-state index contributed by atoms with van der Waals surface area (Å²) in [4.78, 5) is 1.38. The van der Waals surface area contributed by atoms with Gasteiger partial charge in [0, 0.05) is 24.0 Å². The van der Waals surface area contributed by atoms with Crippen LogP contribution in [0.15, 0.2) is 34.1 Å². The van der Waals surface area contributed by atoms with E-state index in [0.29, 0.717) is 18.0 Å². The van der Waals surface area contributed by atoms with Crippen LogP contribution in [-0.2, 0) is 10.0 Å². The quantitative estimate of drug-likeness (QED) is 0.837. The van der Waals surface area contributed by atoms with E-state index in [1.165, 1.54) is 0 Å². The van der Waals surface area contributed by atoms with Gasteiger partial charge in [0.15, 0.2) is 0 Å². The zero-order valence-corrected chi connectivity index (χ0v) is 14.2. The highest BCUT2D eigenvalue weighted by atomic mass is 35.5. The van der Waals surface area contributed by atoms with E-state index in [4.69, 9.17) is 0 Å². The van der Waals surface area contributed by atoms with Crippen LogP contribution in [0.3, 0.4) is 0 Å². The Morgan fingerprint density at radius 2 is 2.20 bits per heavy atom. The second-order valence-corrected chi connectivity index (χ2v) is 7.42. The predicted molar refractivity (Wildman–Crippen MR) is 86.3 cm³/mol. The Kier molecular flexibility index (Phi) is 6.81. The van der Waals surface area contributed by atoms with Crippen molar-refractivity contribution in [3.05, 3.63) is 24.3 Å². The maximum atomic E-state index is 12.7. The Hall–Kier alpha value is -0.270. The van der Waals surface area contributed by atoms with Crippen molar-refractivity contribution in [2.75, 3.05) is 26.4 Å². The molecule has 0 aromatic heterocycles. The molecule has 2 rings (SSSR count). The van der Waals surface area contributed by atoms with Crippen LogP contribution in [0.25, 0.3) is 0 Å². The van der Waals surface area contributed by atoms with Gasteiger partial charge in [-0.15, -0.1) is 24.2 Å². The molecular weight excluding hydrogens is 316 g/mol. The number of rotatable bonds is 5. The Balaban J connectivity index is 0.00000200. The normalized spacial score (nSPS) is 19.8. The number of likely N-dealkylation sites (N-methyl/N-ethyl adjacent to an activating group) is 1. The maximum Gasteiger partial charge on any atom is 0.243 e. The maximum absolute atomic E-state index is 12.7. The molecule has 1 N–H and O–H groups in total. The van der Waals surface area contributed by atoms with Crippen LogP contribution < -0.4 is 5.32 Å². The summed E-state index contributed by atoms with van der Waals surface area (Å²) in [5.74, 6) is 0. The van der Waals surface area contributed by atoms with Crippen molar-refractivity contribution in [1.82, 2.24) is 9.62 Å². The molecule has 1 aromatic rings. The zero-order chi connectivity index (χ0) is 13.9. The van der Waals surface area contributed by atoms with Crippen LogP contribution in [0.5, 0.6) is 0 Å². The molecule has 0 amide bonds. The summed E-state index contributed by atoms with van der Waals surface area (Å²) in [6.07, 6.45) is 3.82. The number of nitrogens with one attached hydrogen (secondary N) is 1. The van der Waals surface area contributed by atoms with Gasteiger partial charge in [0.1, 0.15) is 0 Å². The molecule has 0 saturated carbocycles. The summed E-state index contributed by atoms with van der Waals surface area (Å²) >= 11 is 1.56. The van der Waals surface area contributed by atoms with E-state index in [1.807, 2.05) is 25.4 Å². The largest absolute Gasteiger partial charge is 0.318 e. The van der Waals surface area contributed by atoms with Crippen molar-refractivity contribution in [1.29, 1.82) is 0 Å². The summed E-state index contributed by atoms with van der Waals surface area (Å²) in [5, 5.41) is 3.08. The molecule has 7 heteroatoms. The average molecular weight is 337 g/mol. The first kappa shape index (κ1) is 17.8. The lowest BCUT2D eigenvalue weighted by Crippen LogP contribution is -2.40. The minimum Gasteiger partial charge on any atom is -0.318 e. The third-order valence-corrected chi connectivity index (χ3v) is 6.08. The van der Waals surface area contributed by atoms with Crippen molar-refractivity contribution >= 4 is 34.2 Å². The minimum absolute atomic E-state index is 0. The molecular formula is C13H21ClN2O2S2. The van der Waals surface area contributed by atoms with Gasteiger partial charge in [-0.2, -0.15) is 4.31 Å². The molecule has 0 spiro atoms. The van der Waals surface area contributed by atoms with Crippen LogP contribution in [0.4, 0.5) is 0 Å². The van der Waals surface area contributed by atoms with Crippen LogP contribution in [0.1, 0.15) is 12.8 Å². The van der Waals surface area contributed by atoms with E-state index in [1.54, 1.807) is 28.2 Å². The van der Waals surface area contributed by atoms with Gasteiger partial charge >= 0.3 is 0 Å². The first-order chi connectivity index (χ1) is 9.09. The van der Waals surface area contributed by atoms with E-state index in [0.717, 1.165) is 17.7 Å². The zero-order valence-electron chi connectivity index (χ0n) is 11.7. The summed E-state index contributed by atoms with van der Waals surface area (Å²) < 4.78 is 27.0. The van der Waals surface area contributed by atoms with Crippen LogP contribution in [0, 0.1) is 0 Å². The molecule has 114 valence electrons. The summed E-state index contributed by atoms with van der Waals surface area (Å²) in [6.45, 7) is 1.33. The van der Waals surface area contributed by atoms with Crippen LogP contribution in [0.2, 0.25) is 0 Å². The van der Waals surface area contributed by atoms with Gasteiger partial charge in [-0.3, -0.25) is 0 Å². The highest BCUT2D eigenvalue weighted by Gasteiger charge is 2.34. The first-order valence-electron chi connectivity index (χ1n) is 6.40. The van der Waals surface area contributed by atoms with Gasteiger partial charge in [-0.25, -0.2) is 8.42 Å². The molecule has 0 bridgehead atoms. The molecule has 1 atom stereocenters. The molecule has 1 heterocycles. The summed E-state index contributed by atoms with van der Waals surface area (Å²) in [7, 11) is -1.50. The Morgan fingerprint density at radius 3 is 2.85 bits per heavy atom. The highest BCUT2D eigenvalue weighted by Crippen LogP contribution is 2.27. The van der Waals surface area contributed by atoms with E-state index in [2.05, 4.69) is 5.32 Å². The first-order valence-corrected chi connectivity index (χ1v) is 9.06. The molecule has 0 radical (unpaired) electrons. The number of thioether (sulfide) groups is 1. The van der Waals surface area contributed by atoms with Crippen molar-refractivity contribution in [3.63, 3.8) is 0 Å². The molecule has 1 aromatic carbocycles. The second-order valence-electron chi connectivity index (χ2n) is 4.65. The summed E-state index contributed by atoms with van der Waals surface area (Å²) in [6, 6.07) is 7.26. The molecule has 1 aliphatic heterocycles. The van der Waals surface area contributed by atoms with Crippen LogP contribution >= 0.6 is 24.2 Å². The highest BCUT2D eigenvalue weighted by molar-refractivity contribution is 7.98. The molecule has 1 aliphatic rings. The second kappa shape index (κ2) is 7.66. The van der Waals surface area contributed by atoms with Gasteiger partial charge in [-0.05, 0) is 44.3 Å². The number of hydrogen-bond acceptors (Lipinski definition) is 4. The monoisotopic (exact) mass is 336 g/mol. The summed E-state index contributed by atoms with van der Waals surface area (Å²) in [5.41, 5.74) is 0. The number of nitrogens with zero attached hydrogens (tertiary/aromatic N) is 1. The molecule has 1 fully saturated rings. The van der Waals surface area contributed by atoms with Crippen molar-refractivity contribution < 1.29 is 8.42 Å². The third-order valence-electron chi connectivity index (χ3n) is 3.41. The van der Waals surface area contributed by atoms with Gasteiger partial charge in [-0.1, -0.05) is 6.07 Å². The number of halogens is 1. The van der Waals surface area contributed by atoms with E-state index >= 15 is 0 Å². The third kappa shape index (κ3) is 3.68. The number of benzene rings is 1. The van der Waals surface area contributed by atoms with Gasteiger partial charge in [0.05, 0.1) is 4.90 Å².